The van der Waals surface area contributed by atoms with Gasteiger partial charge in [0.2, 0.25) is 6.36 Å². The van der Waals surface area contributed by atoms with Crippen LogP contribution in [0.1, 0.15) is 6.92 Å². The lowest BCUT2D eigenvalue weighted by atomic mass is 10.8. The molecule has 0 spiro atoms. The number of hydrogen-bond donors (Lipinski definition) is 0. The predicted octanol–water partition coefficient (Wildman–Crippen LogP) is 0.533. The summed E-state index contributed by atoms with van der Waals surface area (Å²) >= 11 is 0. The summed E-state index contributed by atoms with van der Waals surface area (Å²) in [6, 6.07) is 0. The Bertz CT molecular complexity index is 149. The molecule has 0 bridgehead atoms. The molecule has 1 unspecified atom stereocenters. The van der Waals surface area contributed by atoms with Crippen molar-refractivity contribution in [3.63, 3.8) is 0 Å². The zero-order valence-electron chi connectivity index (χ0n) is 3.97. The second-order valence-corrected chi connectivity index (χ2v) is 2.01. The lowest BCUT2D eigenvalue weighted by Gasteiger charge is -1.94. The van der Waals surface area contributed by atoms with Gasteiger partial charge < -0.3 is 0 Å². The molecule has 0 aromatic carbocycles. The van der Waals surface area contributed by atoms with Crippen LogP contribution in [0.4, 0.5) is 8.28 Å². The summed E-state index contributed by atoms with van der Waals surface area (Å²) in [5.74, 6) is 0. The van der Waals surface area contributed by atoms with Gasteiger partial charge in [0, 0.05) is 0 Å². The van der Waals surface area contributed by atoms with Gasteiger partial charge in [-0.2, -0.15) is 8.42 Å². The Morgan fingerprint density at radius 2 is 2.00 bits per heavy atom. The van der Waals surface area contributed by atoms with Gasteiger partial charge in [0.1, 0.15) is 0 Å². The molecule has 0 saturated carbocycles. The van der Waals surface area contributed by atoms with E-state index in [1.54, 1.807) is 0 Å². The smallest absolute Gasteiger partial charge is 0.215 e. The minimum Gasteiger partial charge on any atom is -0.215 e. The van der Waals surface area contributed by atoms with Crippen LogP contribution >= 0.6 is 0 Å². The SMILES string of the molecule is CC(F)OS(=O)(=O)F. The Morgan fingerprint density at radius 3 is 2.00 bits per heavy atom. The lowest BCUT2D eigenvalue weighted by molar-refractivity contribution is 0.0857. The van der Waals surface area contributed by atoms with Gasteiger partial charge in [-0.15, -0.1) is 0 Å². The van der Waals surface area contributed by atoms with Crippen molar-refractivity contribution < 1.29 is 20.9 Å². The fraction of sp³-hybridized carbons (Fsp3) is 1.00. The number of rotatable bonds is 2. The fourth-order valence-corrected chi connectivity index (χ4v) is 0.475. The third kappa shape index (κ3) is 5.77. The molecule has 8 heavy (non-hydrogen) atoms. The number of halogens is 2. The molecule has 0 rings (SSSR count). The van der Waals surface area contributed by atoms with Gasteiger partial charge in [0.15, 0.2) is 0 Å². The first-order valence-corrected chi connectivity index (χ1v) is 2.99. The third-order valence-electron chi connectivity index (χ3n) is 0.248. The summed E-state index contributed by atoms with van der Waals surface area (Å²) in [5.41, 5.74) is 0. The molecule has 0 aromatic rings. The summed E-state index contributed by atoms with van der Waals surface area (Å²) in [6.07, 6.45) is -2.12. The Balaban J connectivity index is 3.75. The van der Waals surface area contributed by atoms with Crippen LogP contribution in [0.25, 0.3) is 0 Å². The number of alkyl halides is 1. The van der Waals surface area contributed by atoms with Gasteiger partial charge in [-0.1, -0.05) is 3.89 Å². The average molecular weight is 146 g/mol. The number of hydrogen-bond acceptors (Lipinski definition) is 3. The van der Waals surface area contributed by atoms with Crippen molar-refractivity contribution in [1.82, 2.24) is 0 Å². The zero-order chi connectivity index (χ0) is 6.78. The zero-order valence-corrected chi connectivity index (χ0v) is 4.78. The van der Waals surface area contributed by atoms with Gasteiger partial charge in [-0.3, -0.25) is 0 Å². The van der Waals surface area contributed by atoms with Crippen LogP contribution in [-0.4, -0.2) is 14.8 Å². The molecule has 0 aliphatic rings. The highest BCUT2D eigenvalue weighted by Crippen LogP contribution is 2.00. The summed E-state index contributed by atoms with van der Waals surface area (Å²) in [7, 11) is -5.10. The molecule has 0 radical (unpaired) electrons. The molecule has 6 heteroatoms. The molecule has 1 atom stereocenters. The van der Waals surface area contributed by atoms with E-state index in [1.165, 1.54) is 0 Å². The quantitative estimate of drug-likeness (QED) is 0.534. The van der Waals surface area contributed by atoms with Crippen LogP contribution in [-0.2, 0) is 14.7 Å². The molecule has 0 heterocycles. The highest BCUT2D eigenvalue weighted by Gasteiger charge is 2.11. The van der Waals surface area contributed by atoms with Crippen molar-refractivity contribution in [2.24, 2.45) is 0 Å². The third-order valence-corrected chi connectivity index (χ3v) is 0.743. The second kappa shape index (κ2) is 2.36. The monoisotopic (exact) mass is 146 g/mol. The highest BCUT2D eigenvalue weighted by molar-refractivity contribution is 7.81. The summed E-state index contributed by atoms with van der Waals surface area (Å²) in [4.78, 5) is 0. The molecule has 0 aliphatic heterocycles. The summed E-state index contributed by atoms with van der Waals surface area (Å²) < 4.78 is 44.2. The molecular weight excluding hydrogens is 142 g/mol. The van der Waals surface area contributed by atoms with Gasteiger partial charge in [0.25, 0.3) is 0 Å². The van der Waals surface area contributed by atoms with Crippen molar-refractivity contribution in [2.45, 2.75) is 13.3 Å². The minimum absolute atomic E-state index is 0.761. The molecule has 50 valence electrons. The predicted molar refractivity (Wildman–Crippen MR) is 21.7 cm³/mol. The first kappa shape index (κ1) is 7.77. The van der Waals surface area contributed by atoms with Crippen LogP contribution in [0.15, 0.2) is 0 Å². The fourth-order valence-electron chi connectivity index (χ4n) is 0.158. The van der Waals surface area contributed by atoms with Crippen molar-refractivity contribution in [3.8, 4) is 0 Å². The highest BCUT2D eigenvalue weighted by atomic mass is 32.3. The summed E-state index contributed by atoms with van der Waals surface area (Å²) in [5, 5.41) is 0. The van der Waals surface area contributed by atoms with Crippen molar-refractivity contribution in [3.05, 3.63) is 0 Å². The van der Waals surface area contributed by atoms with E-state index in [9.17, 15) is 16.7 Å². The molecule has 0 aromatic heterocycles. The second-order valence-electron chi connectivity index (χ2n) is 1.03. The maximum absolute atomic E-state index is 11.4. The maximum Gasteiger partial charge on any atom is 0.440 e. The largest absolute Gasteiger partial charge is 0.440 e. The van der Waals surface area contributed by atoms with Gasteiger partial charge in [-0.25, -0.2) is 8.57 Å². The molecule has 0 amide bonds. The molecular formula is C2H4F2O3S. The maximum atomic E-state index is 11.4. The van der Waals surface area contributed by atoms with E-state index in [4.69, 9.17) is 0 Å². The van der Waals surface area contributed by atoms with Crippen molar-refractivity contribution in [1.29, 1.82) is 0 Å². The topological polar surface area (TPSA) is 43.4 Å². The van der Waals surface area contributed by atoms with Crippen molar-refractivity contribution in [2.75, 3.05) is 0 Å². The molecule has 0 fully saturated rings. The minimum atomic E-state index is -5.10. The molecule has 0 saturated heterocycles. The Kier molecular flexibility index (Phi) is 2.29. The Morgan fingerprint density at radius 1 is 1.62 bits per heavy atom. The van der Waals surface area contributed by atoms with E-state index in [1.807, 2.05) is 0 Å². The van der Waals surface area contributed by atoms with Gasteiger partial charge in [-0.05, 0) is 6.92 Å². The molecule has 0 N–H and O–H groups in total. The normalized spacial score (nSPS) is 15.9. The van der Waals surface area contributed by atoms with Crippen LogP contribution in [0.2, 0.25) is 0 Å². The average Bonchev–Trinajstić information content (AvgIpc) is 1.21. The molecule has 0 aliphatic carbocycles. The van der Waals surface area contributed by atoms with Gasteiger partial charge >= 0.3 is 10.5 Å². The van der Waals surface area contributed by atoms with Crippen LogP contribution < -0.4 is 0 Å². The van der Waals surface area contributed by atoms with E-state index < -0.39 is 16.9 Å². The van der Waals surface area contributed by atoms with Crippen LogP contribution in [0, 0.1) is 0 Å². The van der Waals surface area contributed by atoms with Crippen LogP contribution in [0.3, 0.4) is 0 Å². The van der Waals surface area contributed by atoms with Gasteiger partial charge in [0.05, 0.1) is 0 Å². The molecule has 3 nitrogen and oxygen atoms in total. The first-order valence-electron chi connectivity index (χ1n) is 1.69. The summed E-state index contributed by atoms with van der Waals surface area (Å²) in [6.45, 7) is 0.761. The Hall–Kier alpha value is -0.230. The van der Waals surface area contributed by atoms with E-state index in [0.29, 0.717) is 0 Å². The van der Waals surface area contributed by atoms with Crippen molar-refractivity contribution >= 4 is 10.5 Å². The Labute approximate surface area is 45.7 Å². The first-order chi connectivity index (χ1) is 3.42. The van der Waals surface area contributed by atoms with E-state index in [2.05, 4.69) is 4.18 Å². The van der Waals surface area contributed by atoms with E-state index in [0.717, 1.165) is 6.92 Å². The standard InChI is InChI=1S/C2H4F2O3S/c1-2(3)7-8(4,5)6/h2H,1H3. The van der Waals surface area contributed by atoms with Crippen LogP contribution in [0.5, 0.6) is 0 Å². The van der Waals surface area contributed by atoms with E-state index >= 15 is 0 Å². The van der Waals surface area contributed by atoms with E-state index in [-0.39, 0.29) is 0 Å². The lowest BCUT2D eigenvalue weighted by Crippen LogP contribution is -2.04.